The van der Waals surface area contributed by atoms with E-state index in [1.165, 1.54) is 34.9 Å². The van der Waals surface area contributed by atoms with E-state index in [4.69, 9.17) is 4.74 Å². The third-order valence-electron chi connectivity index (χ3n) is 3.04. The van der Waals surface area contributed by atoms with E-state index in [-0.39, 0.29) is 19.0 Å². The third kappa shape index (κ3) is 4.47. The van der Waals surface area contributed by atoms with Crippen LogP contribution in [0.2, 0.25) is 0 Å². The summed E-state index contributed by atoms with van der Waals surface area (Å²) in [5.41, 5.74) is 0.531. The van der Waals surface area contributed by atoms with Crippen LogP contribution in [-0.2, 0) is 16.1 Å². The number of aromatic nitrogens is 2. The zero-order valence-electron chi connectivity index (χ0n) is 12.3. The number of aryl methyl sites for hydroxylation is 1. The number of esters is 1. The normalized spacial score (nSPS) is 10.9. The molecule has 0 atom stereocenters. The fraction of sp³-hybridized carbons (Fsp3) is 0.200. The average Bonchev–Trinajstić information content (AvgIpc) is 2.87. The summed E-state index contributed by atoms with van der Waals surface area (Å²) >= 11 is 0. The fourth-order valence-corrected chi connectivity index (χ4v) is 1.94. The number of carbonyl (C=O) groups excluding carboxylic acids is 1. The number of imidazole rings is 1. The molecule has 0 radical (unpaired) electrons. The highest BCUT2D eigenvalue weighted by Gasteiger charge is 2.17. The van der Waals surface area contributed by atoms with Gasteiger partial charge in [-0.1, -0.05) is 12.1 Å². The molecule has 0 N–H and O–H groups in total. The molecule has 1 aromatic carbocycles. The molecule has 7 nitrogen and oxygen atoms in total. The van der Waals surface area contributed by atoms with Crippen LogP contribution < -0.4 is 0 Å². The van der Waals surface area contributed by atoms with Gasteiger partial charge in [-0.3, -0.25) is 0 Å². The monoisotopic (exact) mass is 319 g/mol. The van der Waals surface area contributed by atoms with Crippen molar-refractivity contribution >= 4 is 17.9 Å². The summed E-state index contributed by atoms with van der Waals surface area (Å²) in [7, 11) is 0. The largest absolute Gasteiger partial charge is 0.458 e. The lowest BCUT2D eigenvalue weighted by Crippen LogP contribution is -2.12. The van der Waals surface area contributed by atoms with Crippen LogP contribution in [0.1, 0.15) is 11.4 Å². The van der Waals surface area contributed by atoms with E-state index < -0.39 is 16.7 Å². The van der Waals surface area contributed by atoms with Gasteiger partial charge >= 0.3 is 11.8 Å². The minimum Gasteiger partial charge on any atom is -0.458 e. The van der Waals surface area contributed by atoms with E-state index in [1.807, 2.05) is 0 Å². The predicted molar refractivity (Wildman–Crippen MR) is 80.0 cm³/mol. The topological polar surface area (TPSA) is 87.3 Å². The summed E-state index contributed by atoms with van der Waals surface area (Å²) in [6.45, 7) is 1.71. The molecule has 0 aliphatic heterocycles. The molecule has 0 fully saturated rings. The number of rotatable bonds is 6. The van der Waals surface area contributed by atoms with Crippen molar-refractivity contribution in [3.8, 4) is 0 Å². The third-order valence-corrected chi connectivity index (χ3v) is 3.04. The molecule has 120 valence electrons. The second kappa shape index (κ2) is 7.30. The van der Waals surface area contributed by atoms with Crippen molar-refractivity contribution in [2.24, 2.45) is 0 Å². The maximum Gasteiger partial charge on any atom is 0.342 e. The summed E-state index contributed by atoms with van der Waals surface area (Å²) in [6.07, 6.45) is 3.75. The van der Waals surface area contributed by atoms with Gasteiger partial charge < -0.3 is 14.9 Å². The number of ether oxygens (including phenoxy) is 1. The van der Waals surface area contributed by atoms with Crippen LogP contribution in [0.3, 0.4) is 0 Å². The Bertz CT molecular complexity index is 755. The molecule has 0 saturated heterocycles. The molecule has 1 aromatic heterocycles. The molecule has 2 rings (SSSR count). The van der Waals surface area contributed by atoms with Crippen LogP contribution in [0.25, 0.3) is 6.08 Å². The highest BCUT2D eigenvalue weighted by Crippen LogP contribution is 2.13. The standard InChI is InChI=1S/C15H14FN3O4/c1-11-17-10-14(19(21)22)18(11)7-8-23-15(20)6-5-12-3-2-4-13(16)9-12/h2-6,9-10H,7-8H2,1H3/b6-5+. The highest BCUT2D eigenvalue weighted by molar-refractivity contribution is 5.87. The summed E-state index contributed by atoms with van der Waals surface area (Å²) in [6, 6.07) is 5.75. The molecule has 1 heterocycles. The minimum absolute atomic E-state index is 0.0373. The maximum atomic E-state index is 13.0. The zero-order valence-corrected chi connectivity index (χ0v) is 12.3. The first-order valence-corrected chi connectivity index (χ1v) is 6.74. The molecular weight excluding hydrogens is 305 g/mol. The van der Waals surface area contributed by atoms with Crippen LogP contribution >= 0.6 is 0 Å². The molecular formula is C15H14FN3O4. The Balaban J connectivity index is 1.88. The van der Waals surface area contributed by atoms with Crippen LogP contribution in [0, 0.1) is 22.9 Å². The second-order valence-electron chi connectivity index (χ2n) is 4.63. The molecule has 23 heavy (non-hydrogen) atoms. The first-order chi connectivity index (χ1) is 11.0. The van der Waals surface area contributed by atoms with Crippen molar-refractivity contribution in [2.75, 3.05) is 6.61 Å². The molecule has 8 heteroatoms. The molecule has 0 aliphatic rings. The SMILES string of the molecule is Cc1ncc([N+](=O)[O-])n1CCOC(=O)/C=C/c1cccc(F)c1. The number of hydrogen-bond donors (Lipinski definition) is 0. The number of hydrogen-bond acceptors (Lipinski definition) is 5. The summed E-state index contributed by atoms with van der Waals surface area (Å²) < 4.78 is 19.3. The number of carbonyl (C=O) groups is 1. The first kappa shape index (κ1) is 16.3. The minimum atomic E-state index is -0.616. The van der Waals surface area contributed by atoms with Gasteiger partial charge in [-0.2, -0.15) is 0 Å². The molecule has 0 spiro atoms. The number of nitro groups is 1. The Morgan fingerprint density at radius 2 is 2.30 bits per heavy atom. The smallest absolute Gasteiger partial charge is 0.342 e. The van der Waals surface area contributed by atoms with Crippen molar-refractivity contribution in [2.45, 2.75) is 13.5 Å². The zero-order chi connectivity index (χ0) is 16.8. The van der Waals surface area contributed by atoms with Crippen LogP contribution in [0.15, 0.2) is 36.5 Å². The van der Waals surface area contributed by atoms with Gasteiger partial charge in [0.2, 0.25) is 0 Å². The lowest BCUT2D eigenvalue weighted by atomic mass is 10.2. The molecule has 0 unspecified atom stereocenters. The van der Waals surface area contributed by atoms with E-state index in [9.17, 15) is 19.3 Å². The molecule has 0 saturated carbocycles. The van der Waals surface area contributed by atoms with Gasteiger partial charge in [0, 0.05) is 13.0 Å². The van der Waals surface area contributed by atoms with Gasteiger partial charge in [-0.05, 0) is 28.7 Å². The maximum absolute atomic E-state index is 13.0. The Hall–Kier alpha value is -3.03. The van der Waals surface area contributed by atoms with E-state index in [2.05, 4.69) is 4.98 Å². The van der Waals surface area contributed by atoms with Gasteiger partial charge in [-0.25, -0.2) is 18.7 Å². The Morgan fingerprint density at radius 3 is 3.00 bits per heavy atom. The highest BCUT2D eigenvalue weighted by atomic mass is 19.1. The van der Waals surface area contributed by atoms with E-state index in [1.54, 1.807) is 13.0 Å². The second-order valence-corrected chi connectivity index (χ2v) is 4.63. The van der Waals surface area contributed by atoms with Crippen LogP contribution in [-0.4, -0.2) is 27.1 Å². The summed E-state index contributed by atoms with van der Waals surface area (Å²) in [4.78, 5) is 25.7. The van der Waals surface area contributed by atoms with Gasteiger partial charge in [-0.15, -0.1) is 0 Å². The first-order valence-electron chi connectivity index (χ1n) is 6.74. The molecule has 0 amide bonds. The lowest BCUT2D eigenvalue weighted by molar-refractivity contribution is -0.392. The van der Waals surface area contributed by atoms with Gasteiger partial charge in [0.15, 0.2) is 5.82 Å². The van der Waals surface area contributed by atoms with Crippen molar-refractivity contribution in [1.82, 2.24) is 9.55 Å². The molecule has 0 bridgehead atoms. The summed E-state index contributed by atoms with van der Waals surface area (Å²) in [5, 5.41) is 10.8. The van der Waals surface area contributed by atoms with Crippen LogP contribution in [0.4, 0.5) is 10.2 Å². The Morgan fingerprint density at radius 1 is 1.52 bits per heavy atom. The van der Waals surface area contributed by atoms with E-state index in [0.717, 1.165) is 6.20 Å². The quantitative estimate of drug-likeness (QED) is 0.353. The van der Waals surface area contributed by atoms with Crippen molar-refractivity contribution in [3.63, 3.8) is 0 Å². The van der Waals surface area contributed by atoms with Crippen LogP contribution in [0.5, 0.6) is 0 Å². The van der Waals surface area contributed by atoms with Crippen molar-refractivity contribution < 1.29 is 18.8 Å². The van der Waals surface area contributed by atoms with Gasteiger partial charge in [0.05, 0.1) is 0 Å². The fourth-order valence-electron chi connectivity index (χ4n) is 1.94. The lowest BCUT2D eigenvalue weighted by Gasteiger charge is -2.03. The van der Waals surface area contributed by atoms with Gasteiger partial charge in [0.1, 0.15) is 25.2 Å². The Kier molecular flexibility index (Phi) is 5.19. The molecule has 2 aromatic rings. The van der Waals surface area contributed by atoms with E-state index >= 15 is 0 Å². The summed E-state index contributed by atoms with van der Waals surface area (Å²) in [5.74, 6) is -0.713. The number of nitrogens with zero attached hydrogens (tertiary/aromatic N) is 3. The van der Waals surface area contributed by atoms with Crippen molar-refractivity contribution in [3.05, 3.63) is 63.9 Å². The average molecular weight is 319 g/mol. The number of halogens is 1. The van der Waals surface area contributed by atoms with Crippen molar-refractivity contribution in [1.29, 1.82) is 0 Å². The predicted octanol–water partition coefficient (Wildman–Crippen LogP) is 2.50. The molecule has 0 aliphatic carbocycles. The van der Waals surface area contributed by atoms with Gasteiger partial charge in [0.25, 0.3) is 0 Å². The van der Waals surface area contributed by atoms with E-state index in [0.29, 0.717) is 11.4 Å². The number of benzene rings is 1. The Labute approximate surface area is 131 Å².